The van der Waals surface area contributed by atoms with E-state index in [2.05, 4.69) is 25.4 Å². The fourth-order valence-electron chi connectivity index (χ4n) is 6.19. The summed E-state index contributed by atoms with van der Waals surface area (Å²) >= 11 is 1.40. The number of aromatic nitrogens is 5. The monoisotopic (exact) mass is 681 g/mol. The van der Waals surface area contributed by atoms with Crippen molar-refractivity contribution in [1.82, 2.24) is 39.1 Å². The highest BCUT2D eigenvalue weighted by molar-refractivity contribution is 7.98. The predicted octanol–water partition coefficient (Wildman–Crippen LogP) is 3.71. The second-order valence-corrected chi connectivity index (χ2v) is 12.7. The van der Waals surface area contributed by atoms with Crippen molar-refractivity contribution in [3.05, 3.63) is 54.6 Å². The van der Waals surface area contributed by atoms with Gasteiger partial charge in [0.15, 0.2) is 5.65 Å². The molecule has 0 bridgehead atoms. The number of halogens is 2. The van der Waals surface area contributed by atoms with Crippen LogP contribution in [0.3, 0.4) is 0 Å². The van der Waals surface area contributed by atoms with Gasteiger partial charge in [0.05, 0.1) is 18.4 Å². The van der Waals surface area contributed by atoms with Gasteiger partial charge >= 0.3 is 6.61 Å². The van der Waals surface area contributed by atoms with Crippen LogP contribution in [0.15, 0.2) is 53.9 Å². The first-order valence-corrected chi connectivity index (χ1v) is 17.0. The minimum Gasteiger partial charge on any atom is -0.434 e. The van der Waals surface area contributed by atoms with Crippen LogP contribution in [0.4, 0.5) is 14.5 Å². The number of hydrogen-bond donors (Lipinski definition) is 1. The average Bonchev–Trinajstić information content (AvgIpc) is 3.85. The number of amides is 3. The molecule has 0 aliphatic carbocycles. The summed E-state index contributed by atoms with van der Waals surface area (Å²) in [4.78, 5) is 50.3. The molecule has 2 aliphatic heterocycles. The molecule has 3 amide bonds. The largest absolute Gasteiger partial charge is 0.434 e. The number of carbonyl (C=O) groups is 3. The summed E-state index contributed by atoms with van der Waals surface area (Å²) in [6.07, 6.45) is 11.5. The first kappa shape index (κ1) is 33.3. The van der Waals surface area contributed by atoms with Crippen LogP contribution < -0.4 is 10.1 Å². The summed E-state index contributed by atoms with van der Waals surface area (Å²) in [5, 5.41) is 11.6. The first-order valence-electron chi connectivity index (χ1n) is 15.8. The van der Waals surface area contributed by atoms with Crippen molar-refractivity contribution in [1.29, 1.82) is 0 Å². The van der Waals surface area contributed by atoms with Crippen molar-refractivity contribution >= 4 is 40.8 Å². The number of thioether (sulfide) groups is 1. The molecule has 2 aliphatic rings. The molecule has 0 unspecified atom stereocenters. The number of likely N-dealkylation sites (tertiary alicyclic amines) is 2. The Morgan fingerprint density at radius 1 is 1.10 bits per heavy atom. The highest BCUT2D eigenvalue weighted by atomic mass is 32.2. The number of piperidine rings is 1. The molecule has 0 radical (unpaired) electrons. The third-order valence-electron chi connectivity index (χ3n) is 8.77. The van der Waals surface area contributed by atoms with E-state index < -0.39 is 12.5 Å². The van der Waals surface area contributed by atoms with E-state index in [-0.39, 0.29) is 52.7 Å². The van der Waals surface area contributed by atoms with E-state index in [1.807, 2.05) is 18.2 Å². The highest BCUT2D eigenvalue weighted by Crippen LogP contribution is 2.38. The van der Waals surface area contributed by atoms with Gasteiger partial charge in [-0.1, -0.05) is 0 Å². The van der Waals surface area contributed by atoms with Crippen molar-refractivity contribution in [3.8, 4) is 17.0 Å². The second-order valence-electron chi connectivity index (χ2n) is 11.8. The maximum atomic E-state index is 13.5. The zero-order valence-electron chi connectivity index (χ0n) is 26.7. The predicted molar refractivity (Wildman–Crippen MR) is 175 cm³/mol. The number of carbonyl (C=O) groups excluding carboxylic acids is 3. The number of alkyl halides is 2. The van der Waals surface area contributed by atoms with Crippen molar-refractivity contribution in [2.75, 3.05) is 51.3 Å². The summed E-state index contributed by atoms with van der Waals surface area (Å²) in [6, 6.07) is 6.60. The number of ether oxygens (including phenoxy) is 1. The van der Waals surface area contributed by atoms with Crippen LogP contribution in [0.2, 0.25) is 0 Å². The fraction of sp³-hybridized carbons (Fsp3) is 0.438. The fourth-order valence-corrected chi connectivity index (χ4v) is 6.63. The molecular weight excluding hydrogens is 644 g/mol. The van der Waals surface area contributed by atoms with Gasteiger partial charge in [-0.05, 0) is 63.3 Å². The van der Waals surface area contributed by atoms with Crippen molar-refractivity contribution in [3.63, 3.8) is 0 Å². The van der Waals surface area contributed by atoms with Gasteiger partial charge in [-0.2, -0.15) is 19.0 Å². The molecule has 1 N–H and O–H groups in total. The van der Waals surface area contributed by atoms with E-state index in [0.29, 0.717) is 25.3 Å². The lowest BCUT2D eigenvalue weighted by Crippen LogP contribution is -2.48. The van der Waals surface area contributed by atoms with Gasteiger partial charge in [0.2, 0.25) is 11.8 Å². The molecule has 6 rings (SSSR count). The van der Waals surface area contributed by atoms with Gasteiger partial charge in [0, 0.05) is 61.3 Å². The molecule has 5 heterocycles. The SMILES string of the molecule is CSc1ccc(OC(F)F)c(-c2nn(CC(=O)N3CCC(N(C)CC(=O)N4CCCC4)CC3)cc2NC(=O)c2cnn3cccnc23)c1. The molecule has 1 aromatic carbocycles. The molecule has 3 aromatic heterocycles. The summed E-state index contributed by atoms with van der Waals surface area (Å²) in [5.74, 6) is -0.691. The van der Waals surface area contributed by atoms with E-state index in [1.54, 1.807) is 35.5 Å². The topological polar surface area (TPSA) is 130 Å². The minimum absolute atomic E-state index is 0.123. The quantitative estimate of drug-likeness (QED) is 0.236. The molecule has 48 heavy (non-hydrogen) atoms. The molecule has 0 spiro atoms. The summed E-state index contributed by atoms with van der Waals surface area (Å²) < 4.78 is 34.5. The van der Waals surface area contributed by atoms with Gasteiger partial charge in [0.1, 0.15) is 23.6 Å². The lowest BCUT2D eigenvalue weighted by atomic mass is 10.0. The van der Waals surface area contributed by atoms with Gasteiger partial charge in [-0.3, -0.25) is 24.0 Å². The van der Waals surface area contributed by atoms with Gasteiger partial charge in [-0.25, -0.2) is 9.50 Å². The maximum Gasteiger partial charge on any atom is 0.387 e. The number of fused-ring (bicyclic) bond motifs is 1. The zero-order valence-corrected chi connectivity index (χ0v) is 27.5. The van der Waals surface area contributed by atoms with Gasteiger partial charge < -0.3 is 19.9 Å². The standard InChI is InChI=1S/C32H37F2N9O4S/c1-39(19-27(44)40-11-3-4-12-40)21-8-14-41(15-9-21)28(45)20-42-18-25(37-31(46)24-17-36-43-13-5-10-35-30(24)43)29(38-42)23-16-22(48-2)6-7-26(23)47-32(33)34/h5-7,10,13,16-18,21,32H,3-4,8-9,11-12,14-15,19-20H2,1-2H3,(H,37,46). The molecule has 0 saturated carbocycles. The molecule has 16 heteroatoms. The van der Waals surface area contributed by atoms with Crippen LogP contribution in [0.5, 0.6) is 5.75 Å². The third-order valence-corrected chi connectivity index (χ3v) is 9.50. The van der Waals surface area contributed by atoms with Crippen molar-refractivity contribution in [2.24, 2.45) is 0 Å². The molecule has 2 saturated heterocycles. The molecule has 2 fully saturated rings. The number of hydrogen-bond acceptors (Lipinski definition) is 9. The van der Waals surface area contributed by atoms with Crippen LogP contribution >= 0.6 is 11.8 Å². The maximum absolute atomic E-state index is 13.5. The van der Waals surface area contributed by atoms with Crippen LogP contribution in [0.1, 0.15) is 36.0 Å². The number of rotatable bonds is 11. The first-order chi connectivity index (χ1) is 23.2. The third kappa shape index (κ3) is 7.44. The lowest BCUT2D eigenvalue weighted by Gasteiger charge is -2.37. The Hall–Kier alpha value is -4.57. The molecule has 13 nitrogen and oxygen atoms in total. The molecule has 0 atom stereocenters. The number of nitrogens with zero attached hydrogens (tertiary/aromatic N) is 8. The van der Waals surface area contributed by atoms with Crippen LogP contribution in [-0.2, 0) is 16.1 Å². The van der Waals surface area contributed by atoms with Crippen LogP contribution in [-0.4, -0.2) is 115 Å². The van der Waals surface area contributed by atoms with E-state index in [1.165, 1.54) is 39.4 Å². The minimum atomic E-state index is -3.09. The number of nitrogens with one attached hydrogen (secondary N) is 1. The Labute approximate surface area is 280 Å². The normalized spacial score (nSPS) is 15.5. The number of benzene rings is 1. The van der Waals surface area contributed by atoms with Crippen LogP contribution in [0, 0.1) is 0 Å². The number of likely N-dealkylation sites (N-methyl/N-ethyl adjacent to an activating group) is 1. The summed E-state index contributed by atoms with van der Waals surface area (Å²) in [5.41, 5.74) is 1.12. The molecule has 254 valence electrons. The Kier molecular flexibility index (Phi) is 10.2. The second kappa shape index (κ2) is 14.7. The van der Waals surface area contributed by atoms with Gasteiger partial charge in [0.25, 0.3) is 5.91 Å². The van der Waals surface area contributed by atoms with E-state index in [4.69, 9.17) is 4.74 Å². The van der Waals surface area contributed by atoms with Crippen LogP contribution in [0.25, 0.3) is 16.9 Å². The van der Waals surface area contributed by atoms with E-state index >= 15 is 0 Å². The highest BCUT2D eigenvalue weighted by Gasteiger charge is 2.29. The molecular formula is C32H37F2N9O4S. The Morgan fingerprint density at radius 2 is 1.85 bits per heavy atom. The summed E-state index contributed by atoms with van der Waals surface area (Å²) in [7, 11) is 1.96. The van der Waals surface area contributed by atoms with Crippen molar-refractivity contribution in [2.45, 2.75) is 49.8 Å². The van der Waals surface area contributed by atoms with E-state index in [9.17, 15) is 23.2 Å². The van der Waals surface area contributed by atoms with E-state index in [0.717, 1.165) is 43.7 Å². The number of anilines is 1. The van der Waals surface area contributed by atoms with Gasteiger partial charge in [-0.15, -0.1) is 11.8 Å². The zero-order chi connectivity index (χ0) is 33.8. The Bertz CT molecular complexity index is 1780. The lowest BCUT2D eigenvalue weighted by molar-refractivity contribution is -0.135. The molecule has 4 aromatic rings. The summed E-state index contributed by atoms with van der Waals surface area (Å²) in [6.45, 7) is -0.175. The Morgan fingerprint density at radius 3 is 2.58 bits per heavy atom. The average molecular weight is 682 g/mol. The van der Waals surface area contributed by atoms with Crippen molar-refractivity contribution < 1.29 is 27.9 Å². The smallest absolute Gasteiger partial charge is 0.387 e. The Balaban J connectivity index is 1.20.